The molecule has 1 N–H and O–H groups in total. The Morgan fingerprint density at radius 3 is 2.28 bits per heavy atom. The van der Waals surface area contributed by atoms with Crippen molar-refractivity contribution in [3.8, 4) is 17.6 Å². The average Bonchev–Trinajstić information content (AvgIpc) is 3.29. The fourth-order valence-electron chi connectivity index (χ4n) is 2.49. The van der Waals surface area contributed by atoms with Gasteiger partial charge in [0.25, 0.3) is 5.91 Å². The number of ether oxygens (including phenoxy) is 2. The minimum absolute atomic E-state index is 0.0153. The molecule has 0 saturated carbocycles. The van der Waals surface area contributed by atoms with Gasteiger partial charge in [0, 0.05) is 0 Å². The number of carbonyl (C=O) groups excluding carboxylic acids is 1. The SMILES string of the molecule is N#C/C(=C\c1ccc(OCCOc2ccccc2)cc1)C(=O)NCc1ccco1. The standard InChI is InChI=1S/C23H20N2O4/c24-16-19(23(26)25-17-22-7-4-12-27-22)15-18-8-10-21(11-9-18)29-14-13-28-20-5-2-1-3-6-20/h1-12,15H,13-14,17H2,(H,25,26)/b19-15+. The third kappa shape index (κ3) is 6.29. The number of hydrogen-bond acceptors (Lipinski definition) is 5. The smallest absolute Gasteiger partial charge is 0.262 e. The summed E-state index contributed by atoms with van der Waals surface area (Å²) >= 11 is 0. The molecule has 29 heavy (non-hydrogen) atoms. The van der Waals surface area contributed by atoms with E-state index in [9.17, 15) is 10.1 Å². The predicted octanol–water partition coefficient (Wildman–Crippen LogP) is 3.96. The Morgan fingerprint density at radius 2 is 1.66 bits per heavy atom. The van der Waals surface area contributed by atoms with Crippen LogP contribution in [-0.4, -0.2) is 19.1 Å². The zero-order valence-electron chi connectivity index (χ0n) is 15.7. The van der Waals surface area contributed by atoms with Crippen molar-refractivity contribution in [2.45, 2.75) is 6.54 Å². The molecular weight excluding hydrogens is 368 g/mol. The van der Waals surface area contributed by atoms with Gasteiger partial charge in [-0.15, -0.1) is 0 Å². The molecule has 3 rings (SSSR count). The highest BCUT2D eigenvalue weighted by atomic mass is 16.5. The topological polar surface area (TPSA) is 84.5 Å². The second-order valence-corrected chi connectivity index (χ2v) is 6.01. The summed E-state index contributed by atoms with van der Waals surface area (Å²) in [6.07, 6.45) is 3.06. The summed E-state index contributed by atoms with van der Waals surface area (Å²) in [6.45, 7) is 1.06. The molecule has 0 aliphatic heterocycles. The molecule has 0 spiro atoms. The van der Waals surface area contributed by atoms with Crippen LogP contribution in [0.4, 0.5) is 0 Å². The van der Waals surface area contributed by atoms with Crippen LogP contribution in [0, 0.1) is 11.3 Å². The molecule has 0 bridgehead atoms. The Balaban J connectivity index is 1.48. The molecule has 1 aromatic heterocycles. The van der Waals surface area contributed by atoms with E-state index in [0.29, 0.717) is 24.7 Å². The van der Waals surface area contributed by atoms with Crippen LogP contribution in [0.2, 0.25) is 0 Å². The average molecular weight is 388 g/mol. The molecule has 0 saturated heterocycles. The van der Waals surface area contributed by atoms with E-state index in [1.165, 1.54) is 12.3 Å². The Labute approximate surface area is 169 Å². The quantitative estimate of drug-likeness (QED) is 0.341. The van der Waals surface area contributed by atoms with Gasteiger partial charge in [-0.05, 0) is 48.0 Å². The van der Waals surface area contributed by atoms with Gasteiger partial charge in [0.15, 0.2) is 0 Å². The first-order valence-corrected chi connectivity index (χ1v) is 9.08. The van der Waals surface area contributed by atoms with Crippen molar-refractivity contribution in [1.82, 2.24) is 5.32 Å². The van der Waals surface area contributed by atoms with Crippen LogP contribution in [0.5, 0.6) is 11.5 Å². The van der Waals surface area contributed by atoms with Crippen molar-refractivity contribution < 1.29 is 18.7 Å². The third-order valence-electron chi connectivity index (χ3n) is 3.92. The van der Waals surface area contributed by atoms with Gasteiger partial charge >= 0.3 is 0 Å². The largest absolute Gasteiger partial charge is 0.490 e. The molecule has 0 atom stereocenters. The molecular formula is C23H20N2O4. The zero-order chi connectivity index (χ0) is 20.3. The van der Waals surface area contributed by atoms with Crippen LogP contribution in [0.1, 0.15) is 11.3 Å². The third-order valence-corrected chi connectivity index (χ3v) is 3.92. The highest BCUT2D eigenvalue weighted by Crippen LogP contribution is 2.15. The van der Waals surface area contributed by atoms with Crippen molar-refractivity contribution in [2.24, 2.45) is 0 Å². The first-order chi connectivity index (χ1) is 14.2. The highest BCUT2D eigenvalue weighted by Gasteiger charge is 2.09. The minimum atomic E-state index is -0.456. The lowest BCUT2D eigenvalue weighted by Gasteiger charge is -2.08. The van der Waals surface area contributed by atoms with E-state index in [2.05, 4.69) is 5.32 Å². The van der Waals surface area contributed by atoms with Crippen LogP contribution in [0.25, 0.3) is 6.08 Å². The molecule has 0 radical (unpaired) electrons. The number of nitrogens with one attached hydrogen (secondary N) is 1. The lowest BCUT2D eigenvalue weighted by atomic mass is 10.1. The van der Waals surface area contributed by atoms with Crippen LogP contribution in [0.3, 0.4) is 0 Å². The fourth-order valence-corrected chi connectivity index (χ4v) is 2.49. The summed E-state index contributed by atoms with van der Waals surface area (Å²) in [5.41, 5.74) is 0.740. The van der Waals surface area contributed by atoms with Crippen LogP contribution >= 0.6 is 0 Å². The van der Waals surface area contributed by atoms with Gasteiger partial charge < -0.3 is 19.2 Å². The van der Waals surface area contributed by atoms with Crippen molar-refractivity contribution in [3.05, 3.63) is 89.9 Å². The van der Waals surface area contributed by atoms with Gasteiger partial charge in [-0.2, -0.15) is 5.26 Å². The number of hydrogen-bond donors (Lipinski definition) is 1. The van der Waals surface area contributed by atoms with Gasteiger partial charge in [-0.3, -0.25) is 4.79 Å². The summed E-state index contributed by atoms with van der Waals surface area (Å²) < 4.78 is 16.4. The molecule has 2 aromatic carbocycles. The van der Waals surface area contributed by atoms with Crippen molar-refractivity contribution in [2.75, 3.05) is 13.2 Å². The minimum Gasteiger partial charge on any atom is -0.490 e. The molecule has 0 aliphatic rings. The van der Waals surface area contributed by atoms with Gasteiger partial charge in [0.2, 0.25) is 0 Å². The van der Waals surface area contributed by atoms with E-state index in [1.807, 2.05) is 36.4 Å². The normalized spacial score (nSPS) is 10.8. The monoisotopic (exact) mass is 388 g/mol. The van der Waals surface area contributed by atoms with Crippen molar-refractivity contribution >= 4 is 12.0 Å². The number of para-hydroxylation sites is 1. The fraction of sp³-hybridized carbons (Fsp3) is 0.130. The van der Waals surface area contributed by atoms with Gasteiger partial charge in [0.05, 0.1) is 12.8 Å². The maximum Gasteiger partial charge on any atom is 0.262 e. The number of amides is 1. The molecule has 0 aliphatic carbocycles. The number of benzene rings is 2. The van der Waals surface area contributed by atoms with E-state index >= 15 is 0 Å². The Kier molecular flexibility index (Phi) is 7.08. The molecule has 6 heteroatoms. The number of nitrogens with zero attached hydrogens (tertiary/aromatic N) is 1. The predicted molar refractivity (Wildman–Crippen MR) is 108 cm³/mol. The summed E-state index contributed by atoms with van der Waals surface area (Å²) in [5.74, 6) is 1.64. The molecule has 0 unspecified atom stereocenters. The van der Waals surface area contributed by atoms with E-state index in [0.717, 1.165) is 11.3 Å². The second kappa shape index (κ2) is 10.4. The van der Waals surface area contributed by atoms with E-state index in [1.54, 1.807) is 36.4 Å². The number of rotatable bonds is 9. The van der Waals surface area contributed by atoms with Crippen LogP contribution in [0.15, 0.2) is 83.0 Å². The maximum absolute atomic E-state index is 12.2. The van der Waals surface area contributed by atoms with Crippen LogP contribution < -0.4 is 14.8 Å². The molecule has 0 fully saturated rings. The Morgan fingerprint density at radius 1 is 0.966 bits per heavy atom. The number of furan rings is 1. The number of carbonyl (C=O) groups is 1. The Bertz CT molecular complexity index is 972. The lowest BCUT2D eigenvalue weighted by molar-refractivity contribution is -0.117. The van der Waals surface area contributed by atoms with Crippen LogP contribution in [-0.2, 0) is 11.3 Å². The van der Waals surface area contributed by atoms with Crippen molar-refractivity contribution in [1.29, 1.82) is 5.26 Å². The number of nitriles is 1. The molecule has 146 valence electrons. The maximum atomic E-state index is 12.2. The van der Waals surface area contributed by atoms with E-state index < -0.39 is 5.91 Å². The summed E-state index contributed by atoms with van der Waals surface area (Å²) in [5, 5.41) is 11.9. The summed E-state index contributed by atoms with van der Waals surface area (Å²) in [4.78, 5) is 12.2. The molecule has 1 amide bonds. The molecule has 3 aromatic rings. The van der Waals surface area contributed by atoms with Gasteiger partial charge in [-0.1, -0.05) is 30.3 Å². The van der Waals surface area contributed by atoms with E-state index in [-0.39, 0.29) is 12.1 Å². The van der Waals surface area contributed by atoms with E-state index in [4.69, 9.17) is 13.9 Å². The van der Waals surface area contributed by atoms with Crippen molar-refractivity contribution in [3.63, 3.8) is 0 Å². The first kappa shape index (κ1) is 19.8. The molecule has 1 heterocycles. The molecule has 6 nitrogen and oxygen atoms in total. The summed E-state index contributed by atoms with van der Waals surface area (Å²) in [7, 11) is 0. The highest BCUT2D eigenvalue weighted by molar-refractivity contribution is 6.01. The van der Waals surface area contributed by atoms with Gasteiger partial charge in [-0.25, -0.2) is 0 Å². The summed E-state index contributed by atoms with van der Waals surface area (Å²) in [6, 6.07) is 22.1. The van der Waals surface area contributed by atoms with Gasteiger partial charge in [0.1, 0.15) is 42.1 Å². The second-order valence-electron chi connectivity index (χ2n) is 6.01. The Hall–Kier alpha value is -3.98. The lowest BCUT2D eigenvalue weighted by Crippen LogP contribution is -2.23. The first-order valence-electron chi connectivity index (χ1n) is 9.08. The zero-order valence-corrected chi connectivity index (χ0v) is 15.7.